The first-order valence-electron chi connectivity index (χ1n) is 5.29. The van der Waals surface area contributed by atoms with Gasteiger partial charge in [-0.25, -0.2) is 15.8 Å². The molecule has 1 unspecified atom stereocenters. The molecule has 0 aliphatic rings. The average Bonchev–Trinajstić information content (AvgIpc) is 2.36. The van der Waals surface area contributed by atoms with Crippen LogP contribution in [0.5, 0.6) is 0 Å². The van der Waals surface area contributed by atoms with Crippen molar-refractivity contribution in [1.82, 2.24) is 9.97 Å². The first-order chi connectivity index (χ1) is 8.19. The normalized spacial score (nSPS) is 12.2. The molecule has 1 heterocycles. The van der Waals surface area contributed by atoms with Gasteiger partial charge in [0.25, 0.3) is 0 Å². The van der Waals surface area contributed by atoms with Crippen LogP contribution in [0, 0.1) is 0 Å². The van der Waals surface area contributed by atoms with Crippen LogP contribution in [0.3, 0.4) is 0 Å². The molecule has 0 spiro atoms. The molecule has 7 nitrogen and oxygen atoms in total. The number of nitrogen functional groups attached to an aromatic ring is 1. The van der Waals surface area contributed by atoms with Gasteiger partial charge >= 0.3 is 0 Å². The van der Waals surface area contributed by atoms with E-state index in [-0.39, 0.29) is 6.10 Å². The Kier molecular flexibility index (Phi) is 5.61. The second-order valence-electron chi connectivity index (χ2n) is 3.56. The SMILES string of the molecule is COCc1nc(NN)cc(NCC(C)OC)n1. The zero-order valence-electron chi connectivity index (χ0n) is 10.4. The van der Waals surface area contributed by atoms with Crippen molar-refractivity contribution in [2.24, 2.45) is 5.84 Å². The standard InChI is InChI=1S/C10H19N5O2/c1-7(17-3)5-12-8-4-9(15-11)14-10(13-8)6-16-2/h4,7H,5-6,11H2,1-3H3,(H2,12,13,14,15). The monoisotopic (exact) mass is 241 g/mol. The molecular formula is C10H19N5O2. The number of rotatable bonds is 7. The third-order valence-corrected chi connectivity index (χ3v) is 2.17. The van der Waals surface area contributed by atoms with Crippen LogP contribution in [-0.4, -0.2) is 36.8 Å². The van der Waals surface area contributed by atoms with Crippen LogP contribution in [0.15, 0.2) is 6.07 Å². The molecule has 0 saturated carbocycles. The molecule has 0 aliphatic heterocycles. The largest absolute Gasteiger partial charge is 0.380 e. The molecule has 1 rings (SSSR count). The lowest BCUT2D eigenvalue weighted by atomic mass is 10.4. The van der Waals surface area contributed by atoms with Crippen LogP contribution in [0.1, 0.15) is 12.7 Å². The summed E-state index contributed by atoms with van der Waals surface area (Å²) in [5.41, 5.74) is 2.49. The number of aromatic nitrogens is 2. The molecule has 7 heteroatoms. The van der Waals surface area contributed by atoms with Crippen LogP contribution in [-0.2, 0) is 16.1 Å². The Labute approximate surface area is 101 Å². The molecule has 17 heavy (non-hydrogen) atoms. The first-order valence-corrected chi connectivity index (χ1v) is 5.29. The lowest BCUT2D eigenvalue weighted by Crippen LogP contribution is -2.20. The number of nitrogens with zero attached hydrogens (tertiary/aromatic N) is 2. The van der Waals surface area contributed by atoms with Gasteiger partial charge in [-0.2, -0.15) is 0 Å². The minimum absolute atomic E-state index is 0.102. The number of hydrogen-bond donors (Lipinski definition) is 3. The maximum Gasteiger partial charge on any atom is 0.158 e. The van der Waals surface area contributed by atoms with Gasteiger partial charge in [0.2, 0.25) is 0 Å². The van der Waals surface area contributed by atoms with Gasteiger partial charge in [-0.1, -0.05) is 0 Å². The summed E-state index contributed by atoms with van der Waals surface area (Å²) in [7, 11) is 3.25. The van der Waals surface area contributed by atoms with Crippen LogP contribution >= 0.6 is 0 Å². The van der Waals surface area contributed by atoms with E-state index >= 15 is 0 Å². The topological polar surface area (TPSA) is 94.3 Å². The summed E-state index contributed by atoms with van der Waals surface area (Å²) in [5.74, 6) is 7.12. The summed E-state index contributed by atoms with van der Waals surface area (Å²) in [5, 5.41) is 3.14. The Bertz CT molecular complexity index is 347. The van der Waals surface area contributed by atoms with Gasteiger partial charge in [0.15, 0.2) is 5.82 Å². The fourth-order valence-electron chi connectivity index (χ4n) is 1.19. The van der Waals surface area contributed by atoms with Crippen molar-refractivity contribution >= 4 is 11.6 Å². The predicted molar refractivity (Wildman–Crippen MR) is 65.5 cm³/mol. The number of methoxy groups -OCH3 is 2. The van der Waals surface area contributed by atoms with E-state index in [0.29, 0.717) is 30.6 Å². The lowest BCUT2D eigenvalue weighted by Gasteiger charge is -2.12. The predicted octanol–water partition coefficient (Wildman–Crippen LogP) is 0.355. The Balaban J connectivity index is 2.72. The molecule has 0 amide bonds. The maximum atomic E-state index is 5.33. The highest BCUT2D eigenvalue weighted by molar-refractivity contribution is 5.46. The smallest absolute Gasteiger partial charge is 0.158 e. The van der Waals surface area contributed by atoms with Crippen LogP contribution < -0.4 is 16.6 Å². The van der Waals surface area contributed by atoms with E-state index in [1.54, 1.807) is 20.3 Å². The van der Waals surface area contributed by atoms with Gasteiger partial charge in [-0.3, -0.25) is 0 Å². The maximum absolute atomic E-state index is 5.33. The Morgan fingerprint density at radius 3 is 2.65 bits per heavy atom. The van der Waals surface area contributed by atoms with Gasteiger partial charge in [-0.15, -0.1) is 0 Å². The zero-order valence-corrected chi connectivity index (χ0v) is 10.4. The summed E-state index contributed by atoms with van der Waals surface area (Å²) < 4.78 is 10.1. The highest BCUT2D eigenvalue weighted by Crippen LogP contribution is 2.11. The number of hydrogen-bond acceptors (Lipinski definition) is 7. The Morgan fingerprint density at radius 2 is 2.06 bits per heavy atom. The van der Waals surface area contributed by atoms with E-state index in [1.807, 2.05) is 6.92 Å². The molecule has 0 aromatic carbocycles. The number of ether oxygens (including phenoxy) is 2. The highest BCUT2D eigenvalue weighted by atomic mass is 16.5. The molecule has 1 aromatic heterocycles. The Hall–Kier alpha value is -1.44. The minimum Gasteiger partial charge on any atom is -0.380 e. The van der Waals surface area contributed by atoms with Gasteiger partial charge in [0.05, 0.1) is 6.10 Å². The molecule has 0 radical (unpaired) electrons. The Morgan fingerprint density at radius 1 is 1.35 bits per heavy atom. The quantitative estimate of drug-likeness (QED) is 0.468. The van der Waals surface area contributed by atoms with Gasteiger partial charge < -0.3 is 20.2 Å². The third-order valence-electron chi connectivity index (χ3n) is 2.17. The van der Waals surface area contributed by atoms with Gasteiger partial charge in [0, 0.05) is 26.8 Å². The van der Waals surface area contributed by atoms with E-state index in [9.17, 15) is 0 Å². The molecule has 0 bridgehead atoms. The molecule has 96 valence electrons. The van der Waals surface area contributed by atoms with E-state index in [4.69, 9.17) is 15.3 Å². The summed E-state index contributed by atoms with van der Waals surface area (Å²) in [6, 6.07) is 1.72. The van der Waals surface area contributed by atoms with Crippen molar-refractivity contribution in [3.05, 3.63) is 11.9 Å². The lowest BCUT2D eigenvalue weighted by molar-refractivity contribution is 0.128. The van der Waals surface area contributed by atoms with Crippen molar-refractivity contribution in [1.29, 1.82) is 0 Å². The van der Waals surface area contributed by atoms with E-state index in [0.717, 1.165) is 0 Å². The zero-order chi connectivity index (χ0) is 12.7. The van der Waals surface area contributed by atoms with Gasteiger partial charge in [-0.05, 0) is 6.92 Å². The summed E-state index contributed by atoms with van der Waals surface area (Å²) in [4.78, 5) is 8.42. The number of nitrogens with two attached hydrogens (primary N) is 1. The number of anilines is 2. The van der Waals surface area contributed by atoms with Crippen molar-refractivity contribution < 1.29 is 9.47 Å². The molecule has 4 N–H and O–H groups in total. The summed E-state index contributed by atoms with van der Waals surface area (Å²) in [6.45, 7) is 2.96. The molecule has 0 saturated heterocycles. The van der Waals surface area contributed by atoms with E-state index in [2.05, 4.69) is 20.7 Å². The van der Waals surface area contributed by atoms with Crippen molar-refractivity contribution in [2.45, 2.75) is 19.6 Å². The second kappa shape index (κ2) is 7.00. The van der Waals surface area contributed by atoms with Crippen molar-refractivity contribution in [3.63, 3.8) is 0 Å². The van der Waals surface area contributed by atoms with Crippen molar-refractivity contribution in [3.8, 4) is 0 Å². The van der Waals surface area contributed by atoms with E-state index in [1.165, 1.54) is 0 Å². The van der Waals surface area contributed by atoms with Gasteiger partial charge in [0.1, 0.15) is 18.2 Å². The molecular weight excluding hydrogens is 222 g/mol. The minimum atomic E-state index is 0.102. The molecule has 0 aliphatic carbocycles. The summed E-state index contributed by atoms with van der Waals surface area (Å²) in [6.07, 6.45) is 0.102. The molecule has 1 atom stereocenters. The molecule has 0 fully saturated rings. The van der Waals surface area contributed by atoms with Crippen molar-refractivity contribution in [2.75, 3.05) is 31.5 Å². The van der Waals surface area contributed by atoms with E-state index < -0.39 is 0 Å². The second-order valence-corrected chi connectivity index (χ2v) is 3.56. The first kappa shape index (κ1) is 13.6. The van der Waals surface area contributed by atoms with Crippen LogP contribution in [0.25, 0.3) is 0 Å². The third kappa shape index (κ3) is 4.51. The van der Waals surface area contributed by atoms with Crippen LogP contribution in [0.2, 0.25) is 0 Å². The number of hydrazine groups is 1. The fraction of sp³-hybridized carbons (Fsp3) is 0.600. The number of nitrogens with one attached hydrogen (secondary N) is 2. The summed E-state index contributed by atoms with van der Waals surface area (Å²) >= 11 is 0. The average molecular weight is 241 g/mol. The highest BCUT2D eigenvalue weighted by Gasteiger charge is 2.05. The van der Waals surface area contributed by atoms with Crippen LogP contribution in [0.4, 0.5) is 11.6 Å². The fourth-order valence-corrected chi connectivity index (χ4v) is 1.19. The molecule has 1 aromatic rings.